The Hall–Kier alpha value is -1.23. The Morgan fingerprint density at radius 3 is 2.76 bits per heavy atom. The van der Waals surface area contributed by atoms with Crippen LogP contribution in [0.3, 0.4) is 0 Å². The Morgan fingerprint density at radius 1 is 1.29 bits per heavy atom. The van der Waals surface area contributed by atoms with Crippen molar-refractivity contribution in [3.05, 3.63) is 57.5 Å². The molecule has 0 amide bonds. The summed E-state index contributed by atoms with van der Waals surface area (Å²) in [6.07, 6.45) is -0.598. The van der Waals surface area contributed by atoms with Crippen molar-refractivity contribution < 1.29 is 9.84 Å². The average Bonchev–Trinajstić information content (AvgIpc) is 2.47. The fourth-order valence-corrected chi connectivity index (χ4v) is 2.30. The molecule has 1 atom stereocenters. The van der Waals surface area contributed by atoms with E-state index in [1.807, 2.05) is 43.3 Å². The summed E-state index contributed by atoms with van der Waals surface area (Å²) >= 11 is 9.29. The third-order valence-electron chi connectivity index (χ3n) is 2.99. The number of hydrogen-bond donors (Lipinski definition) is 2. The van der Waals surface area contributed by atoms with Crippen LogP contribution in [0.25, 0.3) is 0 Å². The Balaban J connectivity index is 1.81. The SMILES string of the molecule is Cc1ccccc1OCC(O)CNc1ccc(Cl)c(Br)c1. The van der Waals surface area contributed by atoms with Crippen LogP contribution in [0.4, 0.5) is 5.69 Å². The molecular weight excluding hydrogens is 354 g/mol. The second-order valence-corrected chi connectivity index (χ2v) is 6.00. The molecule has 21 heavy (non-hydrogen) atoms. The second kappa shape index (κ2) is 7.69. The lowest BCUT2D eigenvalue weighted by atomic mass is 10.2. The Morgan fingerprint density at radius 2 is 2.05 bits per heavy atom. The summed E-state index contributed by atoms with van der Waals surface area (Å²) in [6.45, 7) is 2.62. The van der Waals surface area contributed by atoms with Gasteiger partial charge in [-0.2, -0.15) is 0 Å². The van der Waals surface area contributed by atoms with Crippen LogP contribution >= 0.6 is 27.5 Å². The monoisotopic (exact) mass is 369 g/mol. The molecule has 2 N–H and O–H groups in total. The molecule has 0 aliphatic carbocycles. The summed E-state index contributed by atoms with van der Waals surface area (Å²) in [6, 6.07) is 13.3. The lowest BCUT2D eigenvalue weighted by Crippen LogP contribution is -2.26. The van der Waals surface area contributed by atoms with E-state index in [0.717, 1.165) is 21.5 Å². The zero-order valence-corrected chi connectivity index (χ0v) is 14.0. The number of halogens is 2. The van der Waals surface area contributed by atoms with Crippen LogP contribution in [0.2, 0.25) is 5.02 Å². The molecule has 0 bridgehead atoms. The van der Waals surface area contributed by atoms with E-state index in [0.29, 0.717) is 11.6 Å². The minimum Gasteiger partial charge on any atom is -0.491 e. The molecule has 0 heterocycles. The van der Waals surface area contributed by atoms with Gasteiger partial charge in [0.1, 0.15) is 18.5 Å². The van der Waals surface area contributed by atoms with Gasteiger partial charge in [-0.15, -0.1) is 0 Å². The van der Waals surface area contributed by atoms with Gasteiger partial charge in [0.05, 0.1) is 5.02 Å². The second-order valence-electron chi connectivity index (χ2n) is 4.74. The maximum atomic E-state index is 9.96. The van der Waals surface area contributed by atoms with Crippen molar-refractivity contribution in [2.75, 3.05) is 18.5 Å². The Kier molecular flexibility index (Phi) is 5.91. The summed E-state index contributed by atoms with van der Waals surface area (Å²) in [7, 11) is 0. The van der Waals surface area contributed by atoms with E-state index in [1.165, 1.54) is 0 Å². The number of nitrogens with one attached hydrogen (secondary N) is 1. The largest absolute Gasteiger partial charge is 0.491 e. The van der Waals surface area contributed by atoms with E-state index in [2.05, 4.69) is 21.2 Å². The van der Waals surface area contributed by atoms with E-state index < -0.39 is 6.10 Å². The zero-order chi connectivity index (χ0) is 15.2. The summed E-state index contributed by atoms with van der Waals surface area (Å²) in [4.78, 5) is 0. The molecule has 0 aromatic heterocycles. The topological polar surface area (TPSA) is 41.5 Å². The fourth-order valence-electron chi connectivity index (χ4n) is 1.81. The van der Waals surface area contributed by atoms with Crippen molar-refractivity contribution >= 4 is 33.2 Å². The molecule has 3 nitrogen and oxygen atoms in total. The highest BCUT2D eigenvalue weighted by atomic mass is 79.9. The molecule has 0 aliphatic rings. The van der Waals surface area contributed by atoms with E-state index in [9.17, 15) is 5.11 Å². The van der Waals surface area contributed by atoms with E-state index in [1.54, 1.807) is 6.07 Å². The summed E-state index contributed by atoms with van der Waals surface area (Å²) in [5, 5.41) is 13.8. The zero-order valence-electron chi connectivity index (χ0n) is 11.6. The molecule has 2 rings (SSSR count). The molecule has 1 unspecified atom stereocenters. The van der Waals surface area contributed by atoms with E-state index in [4.69, 9.17) is 16.3 Å². The van der Waals surface area contributed by atoms with Crippen molar-refractivity contribution in [2.24, 2.45) is 0 Å². The van der Waals surface area contributed by atoms with Gasteiger partial charge in [0.15, 0.2) is 0 Å². The van der Waals surface area contributed by atoms with E-state index in [-0.39, 0.29) is 6.61 Å². The number of aliphatic hydroxyl groups is 1. The standard InChI is InChI=1S/C16H17BrClNO2/c1-11-4-2-3-5-16(11)21-10-13(20)9-19-12-6-7-15(18)14(17)8-12/h2-8,13,19-20H,9-10H2,1H3. The Labute approximate surface area is 138 Å². The van der Waals surface area contributed by atoms with Crippen LogP contribution in [0, 0.1) is 6.92 Å². The summed E-state index contributed by atoms with van der Waals surface area (Å²) < 4.78 is 6.43. The van der Waals surface area contributed by atoms with Crippen molar-refractivity contribution in [3.8, 4) is 5.75 Å². The molecule has 0 aliphatic heterocycles. The van der Waals surface area contributed by atoms with Crippen LogP contribution in [0.5, 0.6) is 5.75 Å². The molecule has 0 radical (unpaired) electrons. The fraction of sp³-hybridized carbons (Fsp3) is 0.250. The number of anilines is 1. The number of aliphatic hydroxyl groups excluding tert-OH is 1. The first-order chi connectivity index (χ1) is 10.1. The first-order valence-corrected chi connectivity index (χ1v) is 7.79. The average molecular weight is 371 g/mol. The number of hydrogen-bond acceptors (Lipinski definition) is 3. The summed E-state index contributed by atoms with van der Waals surface area (Å²) in [5.74, 6) is 0.797. The molecule has 5 heteroatoms. The highest BCUT2D eigenvalue weighted by Crippen LogP contribution is 2.25. The van der Waals surface area contributed by atoms with Gasteiger partial charge in [0.25, 0.3) is 0 Å². The third kappa shape index (κ3) is 4.92. The number of ether oxygens (including phenoxy) is 1. The number of aryl methyl sites for hydroxylation is 1. The van der Waals surface area contributed by atoms with Gasteiger partial charge in [0.2, 0.25) is 0 Å². The van der Waals surface area contributed by atoms with Gasteiger partial charge in [-0.25, -0.2) is 0 Å². The molecule has 112 valence electrons. The highest BCUT2D eigenvalue weighted by Gasteiger charge is 2.07. The normalized spacial score (nSPS) is 12.0. The molecule has 0 spiro atoms. The van der Waals surface area contributed by atoms with Crippen LogP contribution in [-0.4, -0.2) is 24.4 Å². The maximum Gasteiger partial charge on any atom is 0.122 e. The molecule has 0 fully saturated rings. The molecule has 0 saturated heterocycles. The quantitative estimate of drug-likeness (QED) is 0.798. The Bertz CT molecular complexity index is 607. The number of benzene rings is 2. The van der Waals surface area contributed by atoms with Gasteiger partial charge >= 0.3 is 0 Å². The van der Waals surface area contributed by atoms with Crippen molar-refractivity contribution in [2.45, 2.75) is 13.0 Å². The van der Waals surface area contributed by atoms with Gasteiger partial charge < -0.3 is 15.2 Å². The van der Waals surface area contributed by atoms with Crippen LogP contribution in [0.15, 0.2) is 46.9 Å². The predicted octanol–water partition coefficient (Wildman–Crippen LogP) is 4.26. The van der Waals surface area contributed by atoms with E-state index >= 15 is 0 Å². The van der Waals surface area contributed by atoms with Crippen molar-refractivity contribution in [1.29, 1.82) is 0 Å². The molecular formula is C16H17BrClNO2. The lowest BCUT2D eigenvalue weighted by molar-refractivity contribution is 0.117. The molecule has 2 aromatic rings. The minimum atomic E-state index is -0.598. The molecule has 0 saturated carbocycles. The molecule has 2 aromatic carbocycles. The van der Waals surface area contributed by atoms with Gasteiger partial charge in [0, 0.05) is 16.7 Å². The van der Waals surface area contributed by atoms with Crippen LogP contribution in [-0.2, 0) is 0 Å². The van der Waals surface area contributed by atoms with Gasteiger partial charge in [-0.05, 0) is 52.7 Å². The number of rotatable bonds is 6. The first kappa shape index (κ1) is 16.1. The van der Waals surface area contributed by atoms with Crippen molar-refractivity contribution in [3.63, 3.8) is 0 Å². The summed E-state index contributed by atoms with van der Waals surface area (Å²) in [5.41, 5.74) is 1.94. The van der Waals surface area contributed by atoms with Crippen LogP contribution < -0.4 is 10.1 Å². The first-order valence-electron chi connectivity index (χ1n) is 6.61. The van der Waals surface area contributed by atoms with Gasteiger partial charge in [-0.1, -0.05) is 29.8 Å². The smallest absolute Gasteiger partial charge is 0.122 e. The third-order valence-corrected chi connectivity index (χ3v) is 4.20. The lowest BCUT2D eigenvalue weighted by Gasteiger charge is -2.15. The van der Waals surface area contributed by atoms with Crippen molar-refractivity contribution in [1.82, 2.24) is 0 Å². The van der Waals surface area contributed by atoms with Gasteiger partial charge in [-0.3, -0.25) is 0 Å². The van der Waals surface area contributed by atoms with Crippen LogP contribution in [0.1, 0.15) is 5.56 Å². The minimum absolute atomic E-state index is 0.243. The number of para-hydroxylation sites is 1. The predicted molar refractivity (Wildman–Crippen MR) is 90.3 cm³/mol. The maximum absolute atomic E-state index is 9.96. The highest BCUT2D eigenvalue weighted by molar-refractivity contribution is 9.10.